The second-order valence-electron chi connectivity index (χ2n) is 3.82. The molecule has 18 heavy (non-hydrogen) atoms. The quantitative estimate of drug-likeness (QED) is 0.932. The fraction of sp³-hybridized carbons (Fsp3) is 0.182. The van der Waals surface area contributed by atoms with Crippen molar-refractivity contribution in [1.29, 1.82) is 0 Å². The molecule has 0 aliphatic carbocycles. The van der Waals surface area contributed by atoms with Gasteiger partial charge in [0.2, 0.25) is 0 Å². The van der Waals surface area contributed by atoms with Gasteiger partial charge in [-0.3, -0.25) is 9.71 Å². The maximum absolute atomic E-state index is 12.1. The number of aromatic nitrogens is 1. The molecule has 96 valence electrons. The summed E-state index contributed by atoms with van der Waals surface area (Å²) in [6.07, 6.45) is 3.12. The Morgan fingerprint density at radius 3 is 2.72 bits per heavy atom. The Kier molecular flexibility index (Phi) is 3.53. The van der Waals surface area contributed by atoms with Crippen molar-refractivity contribution in [3.63, 3.8) is 0 Å². The number of rotatable bonds is 4. The summed E-state index contributed by atoms with van der Waals surface area (Å²) in [6, 6.07) is 5.03. The Hall–Kier alpha value is -1.60. The molecule has 0 saturated carbocycles. The molecule has 0 bridgehead atoms. The maximum atomic E-state index is 12.1. The summed E-state index contributed by atoms with van der Waals surface area (Å²) in [7, 11) is 0.167. The van der Waals surface area contributed by atoms with Crippen molar-refractivity contribution < 1.29 is 8.42 Å². The Morgan fingerprint density at radius 1 is 1.33 bits per heavy atom. The summed E-state index contributed by atoms with van der Waals surface area (Å²) < 4.78 is 27.0. The van der Waals surface area contributed by atoms with Crippen molar-refractivity contribution in [2.75, 3.05) is 23.7 Å². The number of anilines is 2. The third-order valence-corrected chi connectivity index (χ3v) is 5.05. The summed E-state index contributed by atoms with van der Waals surface area (Å²) in [5.74, 6) is 0. The van der Waals surface area contributed by atoms with Gasteiger partial charge in [0.05, 0.1) is 17.6 Å². The lowest BCUT2D eigenvalue weighted by Gasteiger charge is -2.17. The number of sulfonamides is 1. The molecule has 1 N–H and O–H groups in total. The Morgan fingerprint density at radius 2 is 2.11 bits per heavy atom. The number of thiophene rings is 1. The first-order valence-corrected chi connectivity index (χ1v) is 7.54. The van der Waals surface area contributed by atoms with Gasteiger partial charge < -0.3 is 4.90 Å². The van der Waals surface area contributed by atoms with E-state index in [-0.39, 0.29) is 4.21 Å². The lowest BCUT2D eigenvalue weighted by molar-refractivity contribution is 0.603. The molecule has 2 heterocycles. The molecule has 0 aromatic carbocycles. The van der Waals surface area contributed by atoms with Gasteiger partial charge in [-0.15, -0.1) is 11.3 Å². The van der Waals surface area contributed by atoms with E-state index in [1.165, 1.54) is 17.5 Å². The van der Waals surface area contributed by atoms with Gasteiger partial charge in [0.15, 0.2) is 0 Å². The number of hydrogen-bond acceptors (Lipinski definition) is 5. The van der Waals surface area contributed by atoms with E-state index in [0.29, 0.717) is 5.69 Å². The van der Waals surface area contributed by atoms with Crippen molar-refractivity contribution in [1.82, 2.24) is 4.98 Å². The average Bonchev–Trinajstić information content (AvgIpc) is 2.83. The monoisotopic (exact) mass is 283 g/mol. The van der Waals surface area contributed by atoms with Crippen LogP contribution in [-0.2, 0) is 10.0 Å². The summed E-state index contributed by atoms with van der Waals surface area (Å²) in [5, 5.41) is 1.73. The Labute approximate surface area is 110 Å². The van der Waals surface area contributed by atoms with Crippen molar-refractivity contribution in [2.45, 2.75) is 4.21 Å². The van der Waals surface area contributed by atoms with Gasteiger partial charge in [-0.25, -0.2) is 8.42 Å². The van der Waals surface area contributed by atoms with Crippen molar-refractivity contribution >= 4 is 32.7 Å². The van der Waals surface area contributed by atoms with E-state index < -0.39 is 10.0 Å². The van der Waals surface area contributed by atoms with Crippen molar-refractivity contribution in [3.8, 4) is 0 Å². The zero-order valence-corrected chi connectivity index (χ0v) is 11.6. The summed E-state index contributed by atoms with van der Waals surface area (Å²) in [5.41, 5.74) is 1.24. The van der Waals surface area contributed by atoms with Gasteiger partial charge in [-0.1, -0.05) is 6.07 Å². The topological polar surface area (TPSA) is 62.3 Å². The third-order valence-electron chi connectivity index (χ3n) is 2.28. The molecule has 0 aliphatic heterocycles. The van der Waals surface area contributed by atoms with E-state index in [9.17, 15) is 8.42 Å². The van der Waals surface area contributed by atoms with E-state index in [4.69, 9.17) is 0 Å². The normalized spacial score (nSPS) is 11.2. The second-order valence-corrected chi connectivity index (χ2v) is 6.68. The van der Waals surface area contributed by atoms with E-state index in [0.717, 1.165) is 5.69 Å². The molecular weight excluding hydrogens is 270 g/mol. The van der Waals surface area contributed by atoms with Gasteiger partial charge in [-0.05, 0) is 17.5 Å². The van der Waals surface area contributed by atoms with E-state index in [1.807, 2.05) is 19.0 Å². The molecule has 7 heteroatoms. The van der Waals surface area contributed by atoms with Crippen LogP contribution < -0.4 is 9.62 Å². The first kappa shape index (κ1) is 12.8. The summed E-state index contributed by atoms with van der Waals surface area (Å²) in [6.45, 7) is 0. The van der Waals surface area contributed by atoms with Gasteiger partial charge in [0.25, 0.3) is 10.0 Å². The fourth-order valence-corrected chi connectivity index (χ4v) is 3.52. The minimum absolute atomic E-state index is 0.288. The number of nitrogens with zero attached hydrogens (tertiary/aromatic N) is 2. The molecule has 0 saturated heterocycles. The van der Waals surface area contributed by atoms with Crippen LogP contribution in [0.4, 0.5) is 11.4 Å². The van der Waals surface area contributed by atoms with Crippen LogP contribution in [0.15, 0.2) is 40.2 Å². The highest BCUT2D eigenvalue weighted by Crippen LogP contribution is 2.26. The SMILES string of the molecule is CN(C)c1ccncc1NS(=O)(=O)c1cccs1. The van der Waals surface area contributed by atoms with Crippen LogP contribution in [0.3, 0.4) is 0 Å². The molecule has 0 unspecified atom stereocenters. The number of pyridine rings is 1. The predicted octanol–water partition coefficient (Wildman–Crippen LogP) is 2.01. The first-order valence-electron chi connectivity index (χ1n) is 5.18. The molecule has 5 nitrogen and oxygen atoms in total. The minimum atomic E-state index is -3.52. The molecular formula is C11H13N3O2S2. The predicted molar refractivity (Wildman–Crippen MR) is 73.7 cm³/mol. The summed E-state index contributed by atoms with van der Waals surface area (Å²) in [4.78, 5) is 5.77. The first-order chi connectivity index (χ1) is 8.50. The number of nitrogens with one attached hydrogen (secondary N) is 1. The lowest BCUT2D eigenvalue weighted by Crippen LogP contribution is -2.16. The standard InChI is InChI=1S/C11H13N3O2S2/c1-14(2)10-5-6-12-8-9(10)13-18(15,16)11-4-3-7-17-11/h3-8,13H,1-2H3. The molecule has 0 spiro atoms. The summed E-state index contributed by atoms with van der Waals surface area (Å²) >= 11 is 1.18. The van der Waals surface area contributed by atoms with Gasteiger partial charge >= 0.3 is 0 Å². The van der Waals surface area contributed by atoms with Crippen LogP contribution in [0.1, 0.15) is 0 Å². The second kappa shape index (κ2) is 4.95. The van der Waals surface area contributed by atoms with E-state index in [1.54, 1.807) is 29.8 Å². The Balaban J connectivity index is 2.36. The van der Waals surface area contributed by atoms with Gasteiger partial charge in [-0.2, -0.15) is 0 Å². The zero-order valence-electron chi connectivity index (χ0n) is 9.99. The van der Waals surface area contributed by atoms with E-state index in [2.05, 4.69) is 9.71 Å². The molecule has 0 atom stereocenters. The highest BCUT2D eigenvalue weighted by Gasteiger charge is 2.17. The molecule has 0 fully saturated rings. The fourth-order valence-electron chi connectivity index (χ4n) is 1.47. The van der Waals surface area contributed by atoms with Gasteiger partial charge in [0.1, 0.15) is 4.21 Å². The van der Waals surface area contributed by atoms with Crippen LogP contribution in [0.5, 0.6) is 0 Å². The highest BCUT2D eigenvalue weighted by atomic mass is 32.2. The van der Waals surface area contributed by atoms with Crippen LogP contribution in [0, 0.1) is 0 Å². The van der Waals surface area contributed by atoms with Crippen LogP contribution in [-0.4, -0.2) is 27.5 Å². The lowest BCUT2D eigenvalue weighted by atomic mass is 10.3. The smallest absolute Gasteiger partial charge is 0.271 e. The molecule has 2 aromatic rings. The van der Waals surface area contributed by atoms with Crippen molar-refractivity contribution in [2.24, 2.45) is 0 Å². The molecule has 0 radical (unpaired) electrons. The third kappa shape index (κ3) is 2.62. The zero-order chi connectivity index (χ0) is 13.2. The highest BCUT2D eigenvalue weighted by molar-refractivity contribution is 7.94. The van der Waals surface area contributed by atoms with Crippen LogP contribution in [0.25, 0.3) is 0 Å². The number of hydrogen-bond donors (Lipinski definition) is 1. The molecule has 2 rings (SSSR count). The van der Waals surface area contributed by atoms with E-state index >= 15 is 0 Å². The Bertz CT molecular complexity index is 621. The molecule has 0 amide bonds. The van der Waals surface area contributed by atoms with Crippen LogP contribution >= 0.6 is 11.3 Å². The van der Waals surface area contributed by atoms with Gasteiger partial charge in [0, 0.05) is 20.3 Å². The minimum Gasteiger partial charge on any atom is -0.376 e. The molecule has 0 aliphatic rings. The largest absolute Gasteiger partial charge is 0.376 e. The average molecular weight is 283 g/mol. The van der Waals surface area contributed by atoms with Crippen molar-refractivity contribution in [3.05, 3.63) is 36.0 Å². The maximum Gasteiger partial charge on any atom is 0.271 e. The van der Waals surface area contributed by atoms with Crippen LogP contribution in [0.2, 0.25) is 0 Å². The molecule has 2 aromatic heterocycles.